The lowest BCUT2D eigenvalue weighted by Crippen LogP contribution is -2.27. The maximum absolute atomic E-state index is 12.7. The minimum Gasteiger partial charge on any atom is -0.496 e. The number of hydrogen-bond donors (Lipinski definition) is 2. The Morgan fingerprint density at radius 1 is 0.960 bits per heavy atom. The molecule has 2 aromatic carbocycles. The lowest BCUT2D eigenvalue weighted by Gasteiger charge is -2.15. The van der Waals surface area contributed by atoms with Crippen molar-refractivity contribution in [2.24, 2.45) is 0 Å². The number of methoxy groups -OCH3 is 3. The third-order valence-corrected chi connectivity index (χ3v) is 5.15. The van der Waals surface area contributed by atoms with Gasteiger partial charge in [-0.25, -0.2) is 13.1 Å². The third kappa shape index (κ3) is 4.55. The molecule has 0 aromatic heterocycles. The zero-order valence-corrected chi connectivity index (χ0v) is 15.2. The van der Waals surface area contributed by atoms with Crippen LogP contribution in [0, 0.1) is 0 Å². The van der Waals surface area contributed by atoms with Crippen LogP contribution in [0.25, 0.3) is 0 Å². The van der Waals surface area contributed by atoms with Gasteiger partial charge in [-0.05, 0) is 24.1 Å². The summed E-state index contributed by atoms with van der Waals surface area (Å²) in [7, 11) is 0.431. The van der Waals surface area contributed by atoms with Gasteiger partial charge in [0.25, 0.3) is 0 Å². The van der Waals surface area contributed by atoms with E-state index in [4.69, 9.17) is 19.9 Å². The number of benzene rings is 2. The molecule has 136 valence electrons. The largest absolute Gasteiger partial charge is 0.496 e. The summed E-state index contributed by atoms with van der Waals surface area (Å²) in [5.74, 6) is 0.738. The number of nitrogens with two attached hydrogens (primary N) is 1. The summed E-state index contributed by atoms with van der Waals surface area (Å²) in [6.45, 7) is 0.227. The van der Waals surface area contributed by atoms with Gasteiger partial charge < -0.3 is 19.9 Å². The second-order valence-electron chi connectivity index (χ2n) is 5.25. The van der Waals surface area contributed by atoms with Gasteiger partial charge in [0.15, 0.2) is 4.90 Å². The van der Waals surface area contributed by atoms with E-state index in [9.17, 15) is 8.42 Å². The lowest BCUT2D eigenvalue weighted by molar-refractivity contribution is 0.359. The topological polar surface area (TPSA) is 99.9 Å². The Labute approximate surface area is 147 Å². The summed E-state index contributed by atoms with van der Waals surface area (Å²) in [4.78, 5) is -0.0596. The maximum Gasteiger partial charge on any atom is 0.247 e. The van der Waals surface area contributed by atoms with Crippen molar-refractivity contribution in [1.29, 1.82) is 0 Å². The van der Waals surface area contributed by atoms with Crippen molar-refractivity contribution < 1.29 is 22.6 Å². The number of nitrogens with one attached hydrogen (secondary N) is 1. The smallest absolute Gasteiger partial charge is 0.247 e. The fourth-order valence-electron chi connectivity index (χ4n) is 2.32. The lowest BCUT2D eigenvalue weighted by atomic mass is 10.1. The minimum atomic E-state index is -3.83. The van der Waals surface area contributed by atoms with Gasteiger partial charge >= 0.3 is 0 Å². The number of hydrogen-bond acceptors (Lipinski definition) is 6. The first-order chi connectivity index (χ1) is 11.9. The molecule has 0 aliphatic rings. The van der Waals surface area contributed by atoms with Crippen LogP contribution in [0.5, 0.6) is 17.2 Å². The second-order valence-corrected chi connectivity index (χ2v) is 6.95. The molecule has 0 amide bonds. The molecular formula is C17H22N2O5S. The molecule has 0 aliphatic heterocycles. The molecule has 0 spiro atoms. The highest BCUT2D eigenvalue weighted by molar-refractivity contribution is 7.89. The van der Waals surface area contributed by atoms with Gasteiger partial charge in [0, 0.05) is 24.4 Å². The van der Waals surface area contributed by atoms with Crippen molar-refractivity contribution in [3.8, 4) is 17.2 Å². The van der Waals surface area contributed by atoms with E-state index in [0.29, 0.717) is 17.9 Å². The van der Waals surface area contributed by atoms with Gasteiger partial charge in [-0.3, -0.25) is 0 Å². The van der Waals surface area contributed by atoms with Crippen LogP contribution in [0.2, 0.25) is 0 Å². The number of sulfonamides is 1. The Kier molecular flexibility index (Phi) is 6.11. The fourth-order valence-corrected chi connectivity index (χ4v) is 3.65. The summed E-state index contributed by atoms with van der Waals surface area (Å²) in [5, 5.41) is 0. The number of ether oxygens (including phenoxy) is 3. The number of anilines is 1. The van der Waals surface area contributed by atoms with Gasteiger partial charge in [-0.2, -0.15) is 0 Å². The van der Waals surface area contributed by atoms with Crippen molar-refractivity contribution in [2.45, 2.75) is 11.3 Å². The Bertz CT molecular complexity index is 794. The van der Waals surface area contributed by atoms with Gasteiger partial charge in [0.05, 0.1) is 21.3 Å². The normalized spacial score (nSPS) is 11.2. The summed E-state index contributed by atoms with van der Waals surface area (Å²) in [6.07, 6.45) is 0.528. The van der Waals surface area contributed by atoms with Crippen LogP contribution < -0.4 is 24.7 Å². The van der Waals surface area contributed by atoms with E-state index in [1.54, 1.807) is 12.1 Å². The van der Waals surface area contributed by atoms with E-state index in [1.165, 1.54) is 33.5 Å². The molecular weight excluding hydrogens is 344 g/mol. The molecule has 0 bridgehead atoms. The molecule has 0 radical (unpaired) electrons. The standard InChI is InChI=1S/C17H22N2O5S/c1-22-14-10-15(23-2)17(16(11-14)24-3)25(20,21)19-9-8-12-4-6-13(18)7-5-12/h4-7,10-11,19H,8-9,18H2,1-3H3. The highest BCUT2D eigenvalue weighted by atomic mass is 32.2. The minimum absolute atomic E-state index is 0.0596. The van der Waals surface area contributed by atoms with Gasteiger partial charge in [0.2, 0.25) is 10.0 Å². The van der Waals surface area contributed by atoms with Crippen LogP contribution in [0.3, 0.4) is 0 Å². The predicted octanol–water partition coefficient (Wildman–Crippen LogP) is 1.82. The molecule has 2 aromatic rings. The molecule has 0 fully saturated rings. The number of nitrogen functional groups attached to an aromatic ring is 1. The molecule has 25 heavy (non-hydrogen) atoms. The van der Waals surface area contributed by atoms with Crippen LogP contribution in [0.1, 0.15) is 5.56 Å². The zero-order chi connectivity index (χ0) is 18.4. The van der Waals surface area contributed by atoms with E-state index in [2.05, 4.69) is 4.72 Å². The molecule has 3 N–H and O–H groups in total. The molecule has 7 nitrogen and oxygen atoms in total. The van der Waals surface area contributed by atoms with Gasteiger partial charge in [-0.15, -0.1) is 0 Å². The van der Waals surface area contributed by atoms with Crippen molar-refractivity contribution in [2.75, 3.05) is 33.6 Å². The van der Waals surface area contributed by atoms with E-state index in [-0.39, 0.29) is 22.9 Å². The highest BCUT2D eigenvalue weighted by Crippen LogP contribution is 2.37. The third-order valence-electron chi connectivity index (χ3n) is 3.62. The summed E-state index contributed by atoms with van der Waals surface area (Å²) in [5.41, 5.74) is 7.28. The van der Waals surface area contributed by atoms with E-state index >= 15 is 0 Å². The molecule has 8 heteroatoms. The summed E-state index contributed by atoms with van der Waals surface area (Å²) in [6, 6.07) is 10.3. The molecule has 0 heterocycles. The second kappa shape index (κ2) is 8.09. The van der Waals surface area contributed by atoms with E-state index < -0.39 is 10.0 Å². The van der Waals surface area contributed by atoms with Crippen molar-refractivity contribution in [1.82, 2.24) is 4.72 Å². The summed E-state index contributed by atoms with van der Waals surface area (Å²) >= 11 is 0. The molecule has 0 atom stereocenters. The maximum atomic E-state index is 12.7. The average Bonchev–Trinajstić information content (AvgIpc) is 2.61. The first kappa shape index (κ1) is 18.9. The quantitative estimate of drug-likeness (QED) is 0.691. The Balaban J connectivity index is 2.22. The first-order valence-corrected chi connectivity index (χ1v) is 9.03. The van der Waals surface area contributed by atoms with Crippen LogP contribution in [0.4, 0.5) is 5.69 Å². The number of rotatable bonds is 8. The summed E-state index contributed by atoms with van der Waals surface area (Å²) < 4.78 is 43.5. The van der Waals surface area contributed by atoms with Gasteiger partial charge in [-0.1, -0.05) is 12.1 Å². The Morgan fingerprint density at radius 2 is 1.52 bits per heavy atom. The van der Waals surface area contributed by atoms with E-state index in [0.717, 1.165) is 5.56 Å². The predicted molar refractivity (Wildman–Crippen MR) is 95.8 cm³/mol. The Hall–Kier alpha value is -2.45. The highest BCUT2D eigenvalue weighted by Gasteiger charge is 2.25. The molecule has 0 saturated carbocycles. The molecule has 0 aliphatic carbocycles. The van der Waals surface area contributed by atoms with Gasteiger partial charge in [0.1, 0.15) is 17.2 Å². The molecule has 0 unspecified atom stereocenters. The zero-order valence-electron chi connectivity index (χ0n) is 14.4. The van der Waals surface area contributed by atoms with Crippen molar-refractivity contribution in [3.63, 3.8) is 0 Å². The SMILES string of the molecule is COc1cc(OC)c(S(=O)(=O)NCCc2ccc(N)cc2)c(OC)c1. The monoisotopic (exact) mass is 366 g/mol. The van der Waals surface area contributed by atoms with Crippen LogP contribution in [-0.2, 0) is 16.4 Å². The molecule has 2 rings (SSSR count). The van der Waals surface area contributed by atoms with Crippen LogP contribution >= 0.6 is 0 Å². The van der Waals surface area contributed by atoms with E-state index in [1.807, 2.05) is 12.1 Å². The molecule has 0 saturated heterocycles. The van der Waals surface area contributed by atoms with Crippen molar-refractivity contribution >= 4 is 15.7 Å². The van der Waals surface area contributed by atoms with Crippen LogP contribution in [0.15, 0.2) is 41.3 Å². The van der Waals surface area contributed by atoms with Crippen LogP contribution in [-0.4, -0.2) is 36.3 Å². The average molecular weight is 366 g/mol. The fraction of sp³-hybridized carbons (Fsp3) is 0.294. The van der Waals surface area contributed by atoms with Crippen molar-refractivity contribution in [3.05, 3.63) is 42.0 Å². The Morgan fingerprint density at radius 3 is 2.00 bits per heavy atom. The first-order valence-electron chi connectivity index (χ1n) is 7.55.